The van der Waals surface area contributed by atoms with Crippen LogP contribution in [-0.4, -0.2) is 35.2 Å². The van der Waals surface area contributed by atoms with Crippen molar-refractivity contribution in [3.05, 3.63) is 0 Å². The molecule has 0 bridgehead atoms. The fourth-order valence-corrected chi connectivity index (χ4v) is 2.50. The molecule has 1 heterocycles. The third kappa shape index (κ3) is 3.93. The van der Waals surface area contributed by atoms with Gasteiger partial charge in [-0.2, -0.15) is 15.0 Å². The molecule has 112 valence electrons. The maximum Gasteiger partial charge on any atom is 0.323 e. The maximum absolute atomic E-state index is 5.47. The first-order valence-electron chi connectivity index (χ1n) is 7.29. The molecule has 0 amide bonds. The van der Waals surface area contributed by atoms with Crippen molar-refractivity contribution >= 4 is 11.9 Å². The van der Waals surface area contributed by atoms with Gasteiger partial charge in [0, 0.05) is 13.6 Å². The van der Waals surface area contributed by atoms with Gasteiger partial charge in [0.1, 0.15) is 0 Å². The van der Waals surface area contributed by atoms with Gasteiger partial charge in [0.05, 0.1) is 6.61 Å². The molecule has 0 saturated heterocycles. The van der Waals surface area contributed by atoms with Crippen molar-refractivity contribution in [2.45, 2.75) is 39.0 Å². The smallest absolute Gasteiger partial charge is 0.323 e. The average Bonchev–Trinajstić information content (AvgIpc) is 2.97. The fourth-order valence-electron chi connectivity index (χ4n) is 2.50. The summed E-state index contributed by atoms with van der Waals surface area (Å²) in [5.74, 6) is 7.07. The highest BCUT2D eigenvalue weighted by Crippen LogP contribution is 2.26. The van der Waals surface area contributed by atoms with Gasteiger partial charge in [0.25, 0.3) is 0 Å². The molecule has 7 heteroatoms. The highest BCUT2D eigenvalue weighted by atomic mass is 16.5. The molecule has 0 aromatic carbocycles. The number of aromatic nitrogens is 3. The summed E-state index contributed by atoms with van der Waals surface area (Å²) < 4.78 is 5.47. The molecule has 0 spiro atoms. The van der Waals surface area contributed by atoms with Crippen molar-refractivity contribution in [3.63, 3.8) is 0 Å². The first-order valence-corrected chi connectivity index (χ1v) is 7.29. The number of rotatable bonds is 7. The third-order valence-corrected chi connectivity index (χ3v) is 3.52. The minimum atomic E-state index is 0.322. The number of nitrogen functional groups attached to an aromatic ring is 1. The second kappa shape index (κ2) is 7.23. The average molecular weight is 280 g/mol. The zero-order valence-corrected chi connectivity index (χ0v) is 12.3. The van der Waals surface area contributed by atoms with E-state index in [4.69, 9.17) is 10.6 Å². The zero-order valence-electron chi connectivity index (χ0n) is 12.3. The van der Waals surface area contributed by atoms with Gasteiger partial charge in [0.15, 0.2) is 0 Å². The normalized spacial score (nSPS) is 15.3. The van der Waals surface area contributed by atoms with Crippen molar-refractivity contribution in [1.29, 1.82) is 0 Å². The van der Waals surface area contributed by atoms with E-state index in [0.29, 0.717) is 24.5 Å². The number of hydrogen-bond donors (Lipinski definition) is 2. The summed E-state index contributed by atoms with van der Waals surface area (Å²) in [6.07, 6.45) is 6.14. The summed E-state index contributed by atoms with van der Waals surface area (Å²) in [5, 5.41) is 0. The van der Waals surface area contributed by atoms with E-state index < -0.39 is 0 Å². The molecule has 1 aliphatic rings. The number of ether oxygens (including phenoxy) is 1. The van der Waals surface area contributed by atoms with E-state index in [2.05, 4.69) is 25.3 Å². The molecule has 1 fully saturated rings. The van der Waals surface area contributed by atoms with Crippen LogP contribution in [0.15, 0.2) is 0 Å². The van der Waals surface area contributed by atoms with Crippen LogP contribution in [0.25, 0.3) is 0 Å². The lowest BCUT2D eigenvalue weighted by atomic mass is 10.1. The predicted molar refractivity (Wildman–Crippen MR) is 78.7 cm³/mol. The Bertz CT molecular complexity index is 421. The lowest BCUT2D eigenvalue weighted by Crippen LogP contribution is -2.27. The Kier molecular flexibility index (Phi) is 5.34. The van der Waals surface area contributed by atoms with E-state index in [0.717, 1.165) is 18.9 Å². The summed E-state index contributed by atoms with van der Waals surface area (Å²) >= 11 is 0. The molecule has 2 rings (SSSR count). The van der Waals surface area contributed by atoms with Crippen molar-refractivity contribution in [2.24, 2.45) is 11.8 Å². The Labute approximate surface area is 119 Å². The van der Waals surface area contributed by atoms with Crippen molar-refractivity contribution in [3.8, 4) is 6.01 Å². The van der Waals surface area contributed by atoms with Gasteiger partial charge in [-0.05, 0) is 25.2 Å². The molecule has 3 N–H and O–H groups in total. The first-order chi connectivity index (χ1) is 9.72. The molecular formula is C13H24N6O. The number of nitrogens with one attached hydrogen (secondary N) is 1. The highest BCUT2D eigenvalue weighted by molar-refractivity contribution is 5.37. The van der Waals surface area contributed by atoms with Crippen LogP contribution in [-0.2, 0) is 0 Å². The van der Waals surface area contributed by atoms with E-state index in [1.165, 1.54) is 25.7 Å². The van der Waals surface area contributed by atoms with Crippen LogP contribution in [0.2, 0.25) is 0 Å². The molecule has 1 aromatic heterocycles. The number of nitrogens with zero attached hydrogens (tertiary/aromatic N) is 4. The molecule has 0 atom stereocenters. The Balaban J connectivity index is 2.07. The zero-order chi connectivity index (χ0) is 14.4. The van der Waals surface area contributed by atoms with E-state index in [-0.39, 0.29) is 0 Å². The van der Waals surface area contributed by atoms with Crippen molar-refractivity contribution in [2.75, 3.05) is 30.5 Å². The Morgan fingerprint density at radius 3 is 2.70 bits per heavy atom. The largest absolute Gasteiger partial charge is 0.463 e. The van der Waals surface area contributed by atoms with E-state index in [1.54, 1.807) is 0 Å². The highest BCUT2D eigenvalue weighted by Gasteiger charge is 2.19. The van der Waals surface area contributed by atoms with Gasteiger partial charge in [-0.1, -0.05) is 19.8 Å². The van der Waals surface area contributed by atoms with E-state index >= 15 is 0 Å². The molecule has 0 radical (unpaired) electrons. The summed E-state index contributed by atoms with van der Waals surface area (Å²) in [4.78, 5) is 14.8. The fraction of sp³-hybridized carbons (Fsp3) is 0.769. The van der Waals surface area contributed by atoms with Crippen LogP contribution in [0.1, 0.15) is 39.0 Å². The number of hydrazine groups is 1. The second-order valence-corrected chi connectivity index (χ2v) is 5.27. The Morgan fingerprint density at radius 2 is 2.05 bits per heavy atom. The van der Waals surface area contributed by atoms with Crippen LogP contribution in [0, 0.1) is 5.92 Å². The molecule has 1 saturated carbocycles. The maximum atomic E-state index is 5.47. The first kappa shape index (κ1) is 14.8. The quantitative estimate of drug-likeness (QED) is 0.579. The number of nitrogens with two attached hydrogens (primary N) is 1. The van der Waals surface area contributed by atoms with E-state index in [9.17, 15) is 0 Å². The molecule has 1 aromatic rings. The van der Waals surface area contributed by atoms with Crippen LogP contribution in [0.4, 0.5) is 11.9 Å². The predicted octanol–water partition coefficient (Wildman–Crippen LogP) is 1.57. The molecule has 7 nitrogen and oxygen atoms in total. The lowest BCUT2D eigenvalue weighted by Gasteiger charge is -2.21. The Hall–Kier alpha value is -1.63. The summed E-state index contributed by atoms with van der Waals surface area (Å²) in [6.45, 7) is 3.58. The SMILES string of the molecule is CCCOc1nc(NN)nc(N(C)CC2CCCC2)n1. The second-order valence-electron chi connectivity index (χ2n) is 5.27. The molecular weight excluding hydrogens is 256 g/mol. The monoisotopic (exact) mass is 280 g/mol. The van der Waals surface area contributed by atoms with Gasteiger partial charge in [-0.25, -0.2) is 5.84 Å². The van der Waals surface area contributed by atoms with Gasteiger partial charge < -0.3 is 9.64 Å². The molecule has 0 unspecified atom stereocenters. The van der Waals surface area contributed by atoms with Crippen molar-refractivity contribution in [1.82, 2.24) is 15.0 Å². The van der Waals surface area contributed by atoms with E-state index in [1.807, 2.05) is 14.0 Å². The number of anilines is 2. The Morgan fingerprint density at radius 1 is 1.30 bits per heavy atom. The van der Waals surface area contributed by atoms with Crippen LogP contribution >= 0.6 is 0 Å². The summed E-state index contributed by atoms with van der Waals surface area (Å²) in [6, 6.07) is 0.322. The molecule has 0 aliphatic heterocycles. The van der Waals surface area contributed by atoms with Gasteiger partial charge >= 0.3 is 6.01 Å². The number of hydrogen-bond acceptors (Lipinski definition) is 7. The van der Waals surface area contributed by atoms with Crippen LogP contribution in [0.5, 0.6) is 6.01 Å². The van der Waals surface area contributed by atoms with Crippen molar-refractivity contribution < 1.29 is 4.74 Å². The minimum absolute atomic E-state index is 0.322. The third-order valence-electron chi connectivity index (χ3n) is 3.52. The molecule has 20 heavy (non-hydrogen) atoms. The minimum Gasteiger partial charge on any atom is -0.463 e. The topological polar surface area (TPSA) is 89.2 Å². The standard InChI is InChI=1S/C13H24N6O/c1-3-8-20-13-16-11(18-14)15-12(17-13)19(2)9-10-6-4-5-7-10/h10H,3-9,14H2,1-2H3,(H,15,16,17,18). The molecule has 1 aliphatic carbocycles. The van der Waals surface area contributed by atoms with Gasteiger partial charge in [-0.15, -0.1) is 0 Å². The van der Waals surface area contributed by atoms with Crippen LogP contribution < -0.4 is 20.9 Å². The van der Waals surface area contributed by atoms with Gasteiger partial charge in [0.2, 0.25) is 11.9 Å². The lowest BCUT2D eigenvalue weighted by molar-refractivity contribution is 0.291. The summed E-state index contributed by atoms with van der Waals surface area (Å²) in [7, 11) is 2.00. The summed E-state index contributed by atoms with van der Waals surface area (Å²) in [5.41, 5.74) is 2.46. The van der Waals surface area contributed by atoms with Gasteiger partial charge in [-0.3, -0.25) is 5.43 Å². The van der Waals surface area contributed by atoms with Crippen LogP contribution in [0.3, 0.4) is 0 Å².